The smallest absolute Gasteiger partial charge is 0.253 e. The molecule has 0 radical (unpaired) electrons. The number of nitrogens with zero attached hydrogens (tertiary/aromatic N) is 1. The summed E-state index contributed by atoms with van der Waals surface area (Å²) in [6, 6.07) is 3.68. The third kappa shape index (κ3) is 5.21. The molecule has 2 N–H and O–H groups in total. The number of amides is 1. The van der Waals surface area contributed by atoms with Crippen molar-refractivity contribution >= 4 is 22.8 Å². The van der Waals surface area contributed by atoms with Crippen LogP contribution in [-0.2, 0) is 28.8 Å². The monoisotopic (exact) mass is 368 g/mol. The van der Waals surface area contributed by atoms with Gasteiger partial charge in [0.05, 0.1) is 5.69 Å². The van der Waals surface area contributed by atoms with Gasteiger partial charge < -0.3 is 5.11 Å². The van der Waals surface area contributed by atoms with Gasteiger partial charge in [0.15, 0.2) is 0 Å². The number of rotatable bonds is 3. The molecular formula is C19H32N2O3S. The number of hydrogen-bond acceptors (Lipinski definition) is 3. The van der Waals surface area contributed by atoms with Gasteiger partial charge >= 0.3 is 0 Å². The predicted octanol–water partition coefficient (Wildman–Crippen LogP) is 3.86. The van der Waals surface area contributed by atoms with Crippen molar-refractivity contribution in [3.8, 4) is 5.75 Å². The number of hydrogen-bond donors (Lipinski definition) is 2. The van der Waals surface area contributed by atoms with Gasteiger partial charge in [-0.2, -0.15) is 0 Å². The van der Waals surface area contributed by atoms with Gasteiger partial charge in [-0.1, -0.05) is 47.5 Å². The topological polar surface area (TPSA) is 69.6 Å². The van der Waals surface area contributed by atoms with Crippen LogP contribution in [0.2, 0.25) is 0 Å². The molecule has 0 bridgehead atoms. The molecule has 142 valence electrons. The molecule has 1 saturated heterocycles. The maximum atomic E-state index is 11.9. The van der Waals surface area contributed by atoms with E-state index in [1.807, 2.05) is 33.8 Å². The SMILES string of the molecule is CC.CC.CCCC1CCc2cc(O)c(N3CC(=O)NS3=O)cc2C1. The van der Waals surface area contributed by atoms with E-state index in [0.29, 0.717) is 11.6 Å². The molecule has 2 aliphatic rings. The Labute approximate surface area is 154 Å². The molecule has 0 spiro atoms. The summed E-state index contributed by atoms with van der Waals surface area (Å²) in [4.78, 5) is 11.3. The summed E-state index contributed by atoms with van der Waals surface area (Å²) in [5.41, 5.74) is 2.87. The minimum atomic E-state index is -1.59. The van der Waals surface area contributed by atoms with E-state index in [2.05, 4.69) is 11.6 Å². The predicted molar refractivity (Wildman–Crippen MR) is 105 cm³/mol. The molecule has 6 heteroatoms. The number of phenols is 1. The number of fused-ring (bicyclic) bond motifs is 1. The lowest BCUT2D eigenvalue weighted by atomic mass is 9.81. The van der Waals surface area contributed by atoms with E-state index in [4.69, 9.17) is 0 Å². The Morgan fingerprint density at radius 3 is 2.48 bits per heavy atom. The van der Waals surface area contributed by atoms with Crippen LogP contribution in [-0.4, -0.2) is 21.8 Å². The highest BCUT2D eigenvalue weighted by molar-refractivity contribution is 7.85. The third-order valence-electron chi connectivity index (χ3n) is 4.28. The second kappa shape index (κ2) is 10.4. The fourth-order valence-electron chi connectivity index (χ4n) is 3.26. The first-order chi connectivity index (χ1) is 12.1. The number of nitrogens with one attached hydrogen (secondary N) is 1. The zero-order valence-electron chi connectivity index (χ0n) is 16.1. The molecule has 1 aromatic carbocycles. The molecule has 1 aromatic rings. The summed E-state index contributed by atoms with van der Waals surface area (Å²) in [5.74, 6) is 0.505. The minimum Gasteiger partial charge on any atom is -0.506 e. The van der Waals surface area contributed by atoms with E-state index >= 15 is 0 Å². The summed E-state index contributed by atoms with van der Waals surface area (Å²) in [7, 11) is 0. The van der Waals surface area contributed by atoms with Crippen molar-refractivity contribution in [2.75, 3.05) is 10.8 Å². The van der Waals surface area contributed by atoms with Crippen LogP contribution in [0.5, 0.6) is 5.75 Å². The molecular weight excluding hydrogens is 336 g/mol. The molecule has 1 heterocycles. The van der Waals surface area contributed by atoms with Crippen LogP contribution in [0.1, 0.15) is 65.0 Å². The van der Waals surface area contributed by atoms with Gasteiger partial charge in [0.25, 0.3) is 5.91 Å². The zero-order valence-corrected chi connectivity index (χ0v) is 16.9. The van der Waals surface area contributed by atoms with Crippen LogP contribution in [0.25, 0.3) is 0 Å². The van der Waals surface area contributed by atoms with Crippen molar-refractivity contribution in [3.05, 3.63) is 23.3 Å². The van der Waals surface area contributed by atoms with Crippen LogP contribution in [0.15, 0.2) is 12.1 Å². The Morgan fingerprint density at radius 1 is 1.24 bits per heavy atom. The molecule has 1 aliphatic carbocycles. The average molecular weight is 369 g/mol. The van der Waals surface area contributed by atoms with Gasteiger partial charge in [-0.15, -0.1) is 0 Å². The number of carbonyl (C=O) groups excluding carboxylic acids is 1. The molecule has 25 heavy (non-hydrogen) atoms. The van der Waals surface area contributed by atoms with E-state index < -0.39 is 11.2 Å². The molecule has 2 unspecified atom stereocenters. The zero-order chi connectivity index (χ0) is 19.0. The second-order valence-corrected chi connectivity index (χ2v) is 6.96. The highest BCUT2D eigenvalue weighted by Gasteiger charge is 2.30. The van der Waals surface area contributed by atoms with Crippen molar-refractivity contribution in [1.29, 1.82) is 0 Å². The quantitative estimate of drug-likeness (QED) is 0.851. The van der Waals surface area contributed by atoms with Crippen LogP contribution in [0.3, 0.4) is 0 Å². The van der Waals surface area contributed by atoms with Gasteiger partial charge in [-0.25, -0.2) is 4.21 Å². The summed E-state index contributed by atoms with van der Waals surface area (Å²) >= 11 is -1.59. The summed E-state index contributed by atoms with van der Waals surface area (Å²) in [5, 5.41) is 10.2. The van der Waals surface area contributed by atoms with Crippen LogP contribution >= 0.6 is 0 Å². The Hall–Kier alpha value is -1.56. The van der Waals surface area contributed by atoms with E-state index in [9.17, 15) is 14.1 Å². The molecule has 1 fully saturated rings. The highest BCUT2D eigenvalue weighted by Crippen LogP contribution is 2.37. The van der Waals surface area contributed by atoms with Crippen LogP contribution in [0.4, 0.5) is 5.69 Å². The molecule has 3 rings (SSSR count). The largest absolute Gasteiger partial charge is 0.506 e. The first-order valence-electron chi connectivity index (χ1n) is 9.42. The van der Waals surface area contributed by atoms with Crippen LogP contribution in [0, 0.1) is 5.92 Å². The Bertz CT molecular complexity index is 605. The molecule has 0 aromatic heterocycles. The normalized spacial score (nSPS) is 21.3. The summed E-state index contributed by atoms with van der Waals surface area (Å²) < 4.78 is 15.6. The van der Waals surface area contributed by atoms with Crippen molar-refractivity contribution in [2.45, 2.75) is 66.7 Å². The van der Waals surface area contributed by atoms with Crippen LogP contribution < -0.4 is 9.03 Å². The van der Waals surface area contributed by atoms with Crippen molar-refractivity contribution in [2.24, 2.45) is 5.92 Å². The summed E-state index contributed by atoms with van der Waals surface area (Å²) in [6.45, 7) is 10.2. The Balaban J connectivity index is 0.000000730. The fraction of sp³-hybridized carbons (Fsp3) is 0.632. The number of aryl methyl sites for hydroxylation is 1. The lowest BCUT2D eigenvalue weighted by Crippen LogP contribution is -2.23. The van der Waals surface area contributed by atoms with Gasteiger partial charge in [0.1, 0.15) is 12.3 Å². The van der Waals surface area contributed by atoms with E-state index in [0.717, 1.165) is 19.3 Å². The van der Waals surface area contributed by atoms with Crippen molar-refractivity contribution in [1.82, 2.24) is 4.72 Å². The first kappa shape index (κ1) is 21.5. The molecule has 2 atom stereocenters. The number of benzene rings is 1. The van der Waals surface area contributed by atoms with Crippen molar-refractivity contribution in [3.63, 3.8) is 0 Å². The van der Waals surface area contributed by atoms with E-state index in [1.54, 1.807) is 6.07 Å². The van der Waals surface area contributed by atoms with Gasteiger partial charge in [-0.05, 0) is 48.4 Å². The number of anilines is 1. The maximum absolute atomic E-state index is 11.9. The van der Waals surface area contributed by atoms with Gasteiger partial charge in [-0.3, -0.25) is 13.8 Å². The molecule has 0 saturated carbocycles. The Morgan fingerprint density at radius 2 is 1.92 bits per heavy atom. The fourth-order valence-corrected chi connectivity index (χ4v) is 4.19. The van der Waals surface area contributed by atoms with E-state index in [1.165, 1.54) is 28.3 Å². The van der Waals surface area contributed by atoms with Gasteiger partial charge in [0, 0.05) is 0 Å². The Kier molecular flexibility index (Phi) is 8.97. The molecule has 1 aliphatic heterocycles. The second-order valence-electron chi connectivity index (χ2n) is 5.82. The number of phenolic OH excluding ortho intramolecular Hbond substituents is 1. The van der Waals surface area contributed by atoms with Crippen molar-refractivity contribution < 1.29 is 14.1 Å². The number of carbonyl (C=O) groups is 1. The maximum Gasteiger partial charge on any atom is 0.253 e. The first-order valence-corrected chi connectivity index (χ1v) is 10.5. The summed E-state index contributed by atoms with van der Waals surface area (Å²) in [6.07, 6.45) is 5.53. The molecule has 1 amide bonds. The lowest BCUT2D eigenvalue weighted by molar-refractivity contribution is -0.117. The minimum absolute atomic E-state index is 0.0251. The standard InChI is InChI=1S/C15H20N2O3S.2C2H6/c1-2-3-10-4-5-11-8-14(18)13(7-12(11)6-10)17-9-15(19)16-21(17)20;2*1-2/h7-8,10,18H,2-6,9H2,1H3,(H,16,19);2*1-2H3. The number of aromatic hydroxyl groups is 1. The van der Waals surface area contributed by atoms with Gasteiger partial charge in [0.2, 0.25) is 11.2 Å². The lowest BCUT2D eigenvalue weighted by Gasteiger charge is -2.26. The molecule has 5 nitrogen and oxygen atoms in total. The highest BCUT2D eigenvalue weighted by atomic mass is 32.2. The average Bonchev–Trinajstić information content (AvgIpc) is 2.96. The third-order valence-corrected chi connectivity index (χ3v) is 5.41. The van der Waals surface area contributed by atoms with E-state index in [-0.39, 0.29) is 18.2 Å².